The van der Waals surface area contributed by atoms with Gasteiger partial charge in [0, 0.05) is 36.5 Å². The molecule has 0 radical (unpaired) electrons. The van der Waals surface area contributed by atoms with Crippen molar-refractivity contribution < 1.29 is 19.2 Å². The Hall–Kier alpha value is -3.62. The fraction of sp³-hybridized carbons (Fsp3) is 0.300. The summed E-state index contributed by atoms with van der Waals surface area (Å²) in [6, 6.07) is 10.6. The summed E-state index contributed by atoms with van der Waals surface area (Å²) in [5.41, 5.74) is 1.75. The quantitative estimate of drug-likeness (QED) is 0.573. The van der Waals surface area contributed by atoms with Crippen molar-refractivity contribution in [1.82, 2.24) is 5.32 Å². The Balaban J connectivity index is 1.59. The van der Waals surface area contributed by atoms with Gasteiger partial charge < -0.3 is 20.3 Å². The zero-order chi connectivity index (χ0) is 21.0. The average Bonchev–Trinajstić information content (AvgIpc) is 3.04. The molecule has 3 amide bonds. The third kappa shape index (κ3) is 4.81. The smallest absolute Gasteiger partial charge is 0.319 e. The summed E-state index contributed by atoms with van der Waals surface area (Å²) in [7, 11) is 0. The lowest BCUT2D eigenvalue weighted by molar-refractivity contribution is -0.384. The highest BCUT2D eigenvalue weighted by Gasteiger charge is 2.31. The molecule has 1 saturated heterocycles. The minimum absolute atomic E-state index is 0.0409. The number of aryl methyl sites for hydroxylation is 1. The topological polar surface area (TPSA) is 114 Å². The Morgan fingerprint density at radius 1 is 1.28 bits per heavy atom. The second kappa shape index (κ2) is 8.59. The largest absolute Gasteiger partial charge is 0.494 e. The minimum Gasteiger partial charge on any atom is -0.494 e. The van der Waals surface area contributed by atoms with E-state index in [1.54, 1.807) is 24.0 Å². The van der Waals surface area contributed by atoms with E-state index in [0.29, 0.717) is 24.4 Å². The molecular formula is C20H22N4O5. The summed E-state index contributed by atoms with van der Waals surface area (Å²) < 4.78 is 5.40. The lowest BCUT2D eigenvalue weighted by Gasteiger charge is -2.18. The van der Waals surface area contributed by atoms with Crippen molar-refractivity contribution in [2.45, 2.75) is 26.3 Å². The van der Waals surface area contributed by atoms with Gasteiger partial charge in [-0.3, -0.25) is 14.9 Å². The van der Waals surface area contributed by atoms with Crippen molar-refractivity contribution in [2.24, 2.45) is 0 Å². The Kier molecular flexibility index (Phi) is 5.96. The monoisotopic (exact) mass is 398 g/mol. The highest BCUT2D eigenvalue weighted by atomic mass is 16.6. The predicted molar refractivity (Wildman–Crippen MR) is 108 cm³/mol. The van der Waals surface area contributed by atoms with Gasteiger partial charge in [-0.1, -0.05) is 0 Å². The van der Waals surface area contributed by atoms with Gasteiger partial charge in [0.05, 0.1) is 17.6 Å². The first-order chi connectivity index (χ1) is 13.9. The zero-order valence-corrected chi connectivity index (χ0v) is 16.2. The van der Waals surface area contributed by atoms with Gasteiger partial charge in [-0.2, -0.15) is 0 Å². The lowest BCUT2D eigenvalue weighted by atomic mass is 10.2. The molecule has 29 heavy (non-hydrogen) atoms. The van der Waals surface area contributed by atoms with Gasteiger partial charge in [0.25, 0.3) is 5.69 Å². The van der Waals surface area contributed by atoms with Crippen LogP contribution in [-0.2, 0) is 4.79 Å². The molecule has 1 aliphatic heterocycles. The number of nitrogens with zero attached hydrogens (tertiary/aromatic N) is 2. The van der Waals surface area contributed by atoms with Gasteiger partial charge in [-0.15, -0.1) is 0 Å². The Labute approximate surface area is 167 Å². The molecule has 0 bridgehead atoms. The van der Waals surface area contributed by atoms with E-state index in [0.717, 1.165) is 11.4 Å². The van der Waals surface area contributed by atoms with Crippen molar-refractivity contribution in [3.8, 4) is 5.75 Å². The number of anilines is 2. The summed E-state index contributed by atoms with van der Waals surface area (Å²) in [5.74, 6) is 0.654. The number of nitro benzene ring substituents is 1. The minimum atomic E-state index is -0.490. The van der Waals surface area contributed by atoms with E-state index in [2.05, 4.69) is 10.6 Å². The second-order valence-electron chi connectivity index (χ2n) is 6.69. The van der Waals surface area contributed by atoms with Crippen LogP contribution in [0.4, 0.5) is 21.9 Å². The molecule has 9 heteroatoms. The SMILES string of the molecule is CCOc1ccc(N2CC(NC(=O)Nc3ccc([N+](=O)[O-])cc3C)CC2=O)cc1. The number of hydrogen-bond donors (Lipinski definition) is 2. The van der Waals surface area contributed by atoms with Crippen LogP contribution in [0.15, 0.2) is 42.5 Å². The van der Waals surface area contributed by atoms with Crippen LogP contribution in [0.3, 0.4) is 0 Å². The molecule has 1 heterocycles. The van der Waals surface area contributed by atoms with Gasteiger partial charge in [0.1, 0.15) is 5.75 Å². The zero-order valence-electron chi connectivity index (χ0n) is 16.2. The molecule has 1 atom stereocenters. The standard InChI is InChI=1S/C20H22N4O5/c1-3-29-17-7-4-15(5-8-17)23-12-14(11-19(23)25)21-20(26)22-18-9-6-16(24(27)28)10-13(18)2/h4-10,14H,3,11-12H2,1-2H3,(H2,21,22,26). The van der Waals surface area contributed by atoms with Gasteiger partial charge in [0.2, 0.25) is 5.91 Å². The van der Waals surface area contributed by atoms with E-state index in [1.807, 2.05) is 19.1 Å². The van der Waals surface area contributed by atoms with Gasteiger partial charge in [-0.05, 0) is 49.7 Å². The Bertz CT molecular complexity index is 929. The van der Waals surface area contributed by atoms with Crippen LogP contribution in [0.5, 0.6) is 5.75 Å². The first kappa shape index (κ1) is 20.1. The van der Waals surface area contributed by atoms with Crippen LogP contribution < -0.4 is 20.3 Å². The highest BCUT2D eigenvalue weighted by Crippen LogP contribution is 2.25. The van der Waals surface area contributed by atoms with Gasteiger partial charge in [-0.25, -0.2) is 4.79 Å². The molecule has 0 aliphatic carbocycles. The third-order valence-electron chi connectivity index (χ3n) is 4.59. The number of carbonyl (C=O) groups excluding carboxylic acids is 2. The number of rotatable bonds is 6. The molecule has 3 rings (SSSR count). The first-order valence-electron chi connectivity index (χ1n) is 9.23. The molecule has 2 aromatic carbocycles. The van der Waals surface area contributed by atoms with Crippen LogP contribution in [-0.4, -0.2) is 36.1 Å². The van der Waals surface area contributed by atoms with Crippen LogP contribution in [0, 0.1) is 17.0 Å². The fourth-order valence-corrected chi connectivity index (χ4v) is 3.19. The molecule has 9 nitrogen and oxygen atoms in total. The maximum atomic E-state index is 12.4. The summed E-state index contributed by atoms with van der Waals surface area (Å²) in [4.78, 5) is 36.6. The van der Waals surface area contributed by atoms with E-state index in [1.165, 1.54) is 18.2 Å². The summed E-state index contributed by atoms with van der Waals surface area (Å²) >= 11 is 0. The Morgan fingerprint density at radius 3 is 2.62 bits per heavy atom. The first-order valence-corrected chi connectivity index (χ1v) is 9.23. The van der Waals surface area contributed by atoms with E-state index >= 15 is 0 Å². The number of carbonyl (C=O) groups is 2. The summed E-state index contributed by atoms with van der Waals surface area (Å²) in [5, 5.41) is 16.3. The predicted octanol–water partition coefficient (Wildman–Crippen LogP) is 3.23. The normalized spacial score (nSPS) is 15.9. The number of amides is 3. The number of benzene rings is 2. The molecule has 152 valence electrons. The Morgan fingerprint density at radius 2 is 2.00 bits per heavy atom. The second-order valence-corrected chi connectivity index (χ2v) is 6.69. The average molecular weight is 398 g/mol. The number of nitrogens with one attached hydrogen (secondary N) is 2. The molecule has 1 aliphatic rings. The molecule has 0 spiro atoms. The van der Waals surface area contributed by atoms with Crippen molar-refractivity contribution in [2.75, 3.05) is 23.4 Å². The fourth-order valence-electron chi connectivity index (χ4n) is 3.19. The molecule has 2 aromatic rings. The van der Waals surface area contributed by atoms with Crippen LogP contribution in [0.2, 0.25) is 0 Å². The van der Waals surface area contributed by atoms with Crippen molar-refractivity contribution in [3.05, 3.63) is 58.1 Å². The lowest BCUT2D eigenvalue weighted by Crippen LogP contribution is -2.39. The number of urea groups is 1. The number of non-ortho nitro benzene ring substituents is 1. The third-order valence-corrected chi connectivity index (χ3v) is 4.59. The maximum Gasteiger partial charge on any atom is 0.319 e. The van der Waals surface area contributed by atoms with Crippen LogP contribution >= 0.6 is 0 Å². The van der Waals surface area contributed by atoms with Crippen molar-refractivity contribution >= 4 is 29.0 Å². The molecule has 2 N–H and O–H groups in total. The number of nitro groups is 1. The summed E-state index contributed by atoms with van der Waals surface area (Å²) in [6.45, 7) is 4.50. The van der Waals surface area contributed by atoms with Gasteiger partial charge >= 0.3 is 6.03 Å². The van der Waals surface area contributed by atoms with E-state index in [-0.39, 0.29) is 24.1 Å². The van der Waals surface area contributed by atoms with Gasteiger partial charge in [0.15, 0.2) is 0 Å². The summed E-state index contributed by atoms with van der Waals surface area (Å²) in [6.07, 6.45) is 0.194. The van der Waals surface area contributed by atoms with Crippen molar-refractivity contribution in [1.29, 1.82) is 0 Å². The van der Waals surface area contributed by atoms with E-state index in [4.69, 9.17) is 4.74 Å². The molecular weight excluding hydrogens is 376 g/mol. The molecule has 1 fully saturated rings. The molecule has 1 unspecified atom stereocenters. The van der Waals surface area contributed by atoms with E-state index in [9.17, 15) is 19.7 Å². The highest BCUT2D eigenvalue weighted by molar-refractivity contribution is 5.97. The number of ether oxygens (including phenoxy) is 1. The van der Waals surface area contributed by atoms with E-state index < -0.39 is 11.0 Å². The maximum absolute atomic E-state index is 12.4. The number of hydrogen-bond acceptors (Lipinski definition) is 5. The molecule has 0 aromatic heterocycles. The molecule has 0 saturated carbocycles. The van der Waals surface area contributed by atoms with Crippen LogP contribution in [0.25, 0.3) is 0 Å². The van der Waals surface area contributed by atoms with Crippen LogP contribution in [0.1, 0.15) is 18.9 Å². The van der Waals surface area contributed by atoms with Crippen molar-refractivity contribution in [3.63, 3.8) is 0 Å².